The zero-order valence-corrected chi connectivity index (χ0v) is 62.8. The van der Waals surface area contributed by atoms with E-state index in [1.807, 2.05) is 20.2 Å². The lowest BCUT2D eigenvalue weighted by Crippen LogP contribution is -2.58. The Morgan fingerprint density at radius 2 is 0.796 bits per heavy atom. The second-order valence-electron chi connectivity index (χ2n) is 28.2. The van der Waals surface area contributed by atoms with Gasteiger partial charge in [0.1, 0.15) is 17.2 Å². The number of carbonyl (C=O) groups is 3. The fraction of sp³-hybridized carbons (Fsp3) is 0.500. The number of benzene rings is 6. The number of nitrogens with one attached hydrogen (secondary N) is 3. The van der Waals surface area contributed by atoms with Crippen molar-refractivity contribution in [2.24, 2.45) is 11.8 Å². The molecule has 10 rings (SSSR count). The Kier molecular flexibility index (Phi) is 30.0. The van der Waals surface area contributed by atoms with E-state index in [2.05, 4.69) is 104 Å². The Bertz CT molecular complexity index is 4040. The van der Waals surface area contributed by atoms with Gasteiger partial charge in [0.05, 0.1) is 34.5 Å². The first-order valence-electron chi connectivity index (χ1n) is 35.9. The maximum absolute atomic E-state index is 13.6. The average Bonchev–Trinajstić information content (AvgIpc) is 1.30. The summed E-state index contributed by atoms with van der Waals surface area (Å²) >= 11 is 0. The molecule has 0 radical (unpaired) electrons. The van der Waals surface area contributed by atoms with Crippen LogP contribution in [-0.2, 0) is 85.5 Å². The maximum atomic E-state index is 13.6. The molecule has 1 saturated carbocycles. The number of nitrogens with zero attached hydrogens (tertiary/aromatic N) is 2. The normalized spacial score (nSPS) is 16.6. The van der Waals surface area contributed by atoms with Gasteiger partial charge in [-0.15, -0.1) is 0 Å². The summed E-state index contributed by atoms with van der Waals surface area (Å²) in [6.07, 6.45) is 12.3. The van der Waals surface area contributed by atoms with Gasteiger partial charge < -0.3 is 33.5 Å². The van der Waals surface area contributed by atoms with E-state index in [0.29, 0.717) is 62.1 Å². The maximum Gasteiger partial charge on any atom is 0.265 e. The molecular weight excluding hydrogens is 1380 g/mol. The number of rotatable bonds is 32. The van der Waals surface area contributed by atoms with Crippen molar-refractivity contribution in [1.29, 1.82) is 0 Å². The molecule has 0 spiro atoms. The third-order valence-electron chi connectivity index (χ3n) is 19.7. The van der Waals surface area contributed by atoms with Gasteiger partial charge in [-0.3, -0.25) is 30.0 Å². The summed E-state index contributed by atoms with van der Waals surface area (Å²) in [5.41, 5.74) is 12.4. The van der Waals surface area contributed by atoms with Crippen LogP contribution in [0.1, 0.15) is 139 Å². The fourth-order valence-electron chi connectivity index (χ4n) is 13.5. The average molecular weight is 1480 g/mol. The number of hydroxylamine groups is 3. The predicted molar refractivity (Wildman–Crippen MR) is 394 cm³/mol. The molecule has 22 nitrogen and oxygen atoms in total. The first kappa shape index (κ1) is 81.2. The number of ether oxygens (including phenoxy) is 5. The molecule has 25 heteroatoms. The number of aryl methyl sites for hydroxylation is 4. The van der Waals surface area contributed by atoms with Crippen molar-refractivity contribution in [1.82, 2.24) is 21.3 Å². The highest BCUT2D eigenvalue weighted by atomic mass is 32.2. The molecule has 0 aromatic heterocycles. The molecule has 6 aromatic carbocycles. The molecule has 3 saturated heterocycles. The number of hydrogen-bond acceptors (Lipinski definition) is 19. The number of likely N-dealkylation sites (tertiary alicyclic amines) is 1. The topological polar surface area (TPSA) is 303 Å². The zero-order valence-electron chi connectivity index (χ0n) is 60.4. The van der Waals surface area contributed by atoms with Crippen LogP contribution < -0.4 is 35.6 Å². The molecule has 562 valence electrons. The molecule has 3 amide bonds. The summed E-state index contributed by atoms with van der Waals surface area (Å²) in [5, 5.41) is 27.6. The molecule has 1 aliphatic carbocycles. The van der Waals surface area contributed by atoms with Gasteiger partial charge in [-0.1, -0.05) is 94.8 Å². The van der Waals surface area contributed by atoms with Crippen molar-refractivity contribution < 1.29 is 78.9 Å². The quantitative estimate of drug-likeness (QED) is 0.0130. The van der Waals surface area contributed by atoms with Crippen molar-refractivity contribution in [3.8, 4) is 17.2 Å². The van der Waals surface area contributed by atoms with E-state index >= 15 is 0 Å². The van der Waals surface area contributed by atoms with Crippen LogP contribution in [0, 0.1) is 11.8 Å². The molecule has 4 aliphatic rings. The Balaban J connectivity index is 0.000000196. The minimum absolute atomic E-state index is 0.0150. The number of amides is 3. The number of carbonyl (C=O) groups excluding carboxylic acids is 3. The third-order valence-corrected chi connectivity index (χ3v) is 27.2. The largest absolute Gasteiger partial charge is 0.494 e. The summed E-state index contributed by atoms with van der Waals surface area (Å²) in [5.74, 6) is 0.354. The van der Waals surface area contributed by atoms with E-state index in [0.717, 1.165) is 75.8 Å². The molecule has 3 heterocycles. The molecule has 6 aromatic rings. The van der Waals surface area contributed by atoms with Crippen LogP contribution in [0.5, 0.6) is 17.2 Å². The first-order valence-corrected chi connectivity index (χ1v) is 40.4. The standard InChI is InChI=1S/C27H37NO6S.C26H35N3O5S.C25H33NO6S/c1-21(2)6-3-7-22-8-4-9-23(20-22)10-5-17-34-24-11-13-25(14-12-24)35(31,32)27(26(29)28-30)15-18-33-19-16-27;1-28(2)22-7-3-5-20(19-22)6-4-18-34-23-10-12-24(13-11-23)35(32,33)26(25(30)27-31)14-16-29(17-15-26)21-8-9-21;1-19(2)17-21-6-3-5-20(18-21)7-4-14-32-22-8-10-23(11-9-22)33(29,30)25(24(27)26-28)12-15-31-16-13-25/h4,8-9,11-14,20-21,30H,3,5-7,10,15-19H2,1-2H3,(H,28,29);3,5,7,10-13,19,21,31H,4,6,8-9,14-18H2,1-2H3,(H,27,30);3,5-6,8-11,18-19,28H,4,7,12-17H2,1-2H3,(H,26,27). The molecular formula is C78H105N5O17S3. The second-order valence-corrected chi connectivity index (χ2v) is 34.9. The van der Waals surface area contributed by atoms with Gasteiger partial charge in [-0.05, 0) is 234 Å². The van der Waals surface area contributed by atoms with E-state index in [4.69, 9.17) is 34.1 Å². The van der Waals surface area contributed by atoms with Gasteiger partial charge in [0.25, 0.3) is 17.7 Å². The number of piperidine rings is 1. The Labute approximate surface area is 608 Å². The minimum Gasteiger partial charge on any atom is -0.494 e. The second kappa shape index (κ2) is 38.0. The van der Waals surface area contributed by atoms with Crippen LogP contribution in [0.2, 0.25) is 0 Å². The van der Waals surface area contributed by atoms with Crippen LogP contribution in [0.4, 0.5) is 5.69 Å². The van der Waals surface area contributed by atoms with Gasteiger partial charge in [0, 0.05) is 65.3 Å². The van der Waals surface area contributed by atoms with Crippen LogP contribution in [-0.4, -0.2) is 157 Å². The summed E-state index contributed by atoms with van der Waals surface area (Å²) in [7, 11) is -8.05. The minimum atomic E-state index is -4.04. The first-order chi connectivity index (χ1) is 49.3. The molecule has 0 atom stereocenters. The van der Waals surface area contributed by atoms with Crippen molar-refractivity contribution >= 4 is 52.9 Å². The number of sulfone groups is 3. The number of anilines is 1. The van der Waals surface area contributed by atoms with Crippen molar-refractivity contribution in [2.45, 2.75) is 178 Å². The fourth-order valence-corrected chi connectivity index (χ4v) is 19.3. The Morgan fingerprint density at radius 1 is 0.466 bits per heavy atom. The van der Waals surface area contributed by atoms with E-state index in [9.17, 15) is 44.8 Å². The van der Waals surface area contributed by atoms with Crippen LogP contribution in [0.15, 0.2) is 160 Å². The zero-order chi connectivity index (χ0) is 74.3. The van der Waals surface area contributed by atoms with Gasteiger partial charge in [0.2, 0.25) is 0 Å². The van der Waals surface area contributed by atoms with E-state index < -0.39 is 61.5 Å². The van der Waals surface area contributed by atoms with E-state index in [1.54, 1.807) is 41.9 Å². The van der Waals surface area contributed by atoms with Crippen molar-refractivity contribution in [3.05, 3.63) is 173 Å². The third kappa shape index (κ3) is 21.2. The molecule has 0 unspecified atom stereocenters. The summed E-state index contributed by atoms with van der Waals surface area (Å²) in [6.45, 7) is 12.0. The van der Waals surface area contributed by atoms with Crippen LogP contribution in [0.25, 0.3) is 0 Å². The van der Waals surface area contributed by atoms with E-state index in [1.165, 1.54) is 88.0 Å². The Morgan fingerprint density at radius 3 is 1.14 bits per heavy atom. The predicted octanol–water partition coefficient (Wildman–Crippen LogP) is 11.3. The highest BCUT2D eigenvalue weighted by Gasteiger charge is 2.55. The summed E-state index contributed by atoms with van der Waals surface area (Å²) < 4.78 is 103. The highest BCUT2D eigenvalue weighted by molar-refractivity contribution is 7.94. The molecule has 0 bridgehead atoms. The Hall–Kier alpha value is -7.46. The molecule has 103 heavy (non-hydrogen) atoms. The lowest BCUT2D eigenvalue weighted by atomic mass is 9.94. The smallest absolute Gasteiger partial charge is 0.265 e. The monoisotopic (exact) mass is 1480 g/mol. The van der Waals surface area contributed by atoms with Gasteiger partial charge in [0.15, 0.2) is 43.8 Å². The van der Waals surface area contributed by atoms with Gasteiger partial charge in [-0.25, -0.2) is 41.7 Å². The van der Waals surface area contributed by atoms with Gasteiger partial charge >= 0.3 is 0 Å². The van der Waals surface area contributed by atoms with E-state index in [-0.39, 0.29) is 79.6 Å². The summed E-state index contributed by atoms with van der Waals surface area (Å²) in [6, 6.07) is 44.6. The SMILES string of the molecule is CC(C)CCCc1cccc(CCCOc2ccc(S(=O)(=O)C3(C(=O)NO)CCOCC3)cc2)c1.CC(C)Cc1cccc(CCCOc2ccc(S(=O)(=O)C3(C(=O)NO)CCOCC3)cc2)c1.CN(C)c1cccc(CCCOc2ccc(S(=O)(=O)C3(C(=O)NO)CCN(C4CC4)CC3)cc2)c1. The van der Waals surface area contributed by atoms with Crippen LogP contribution in [0.3, 0.4) is 0 Å². The lowest BCUT2D eigenvalue weighted by Gasteiger charge is -2.39. The van der Waals surface area contributed by atoms with Crippen molar-refractivity contribution in [3.63, 3.8) is 0 Å². The van der Waals surface area contributed by atoms with Crippen molar-refractivity contribution in [2.75, 3.05) is 78.3 Å². The number of hydrogen-bond donors (Lipinski definition) is 6. The summed E-state index contributed by atoms with van der Waals surface area (Å²) in [4.78, 5) is 41.7. The molecule has 6 N–H and O–H groups in total. The van der Waals surface area contributed by atoms with Crippen LogP contribution >= 0.6 is 0 Å². The molecule has 3 aliphatic heterocycles. The highest BCUT2D eigenvalue weighted by Crippen LogP contribution is 2.41. The lowest BCUT2D eigenvalue weighted by molar-refractivity contribution is -0.135. The molecule has 4 fully saturated rings. The van der Waals surface area contributed by atoms with Gasteiger partial charge in [-0.2, -0.15) is 0 Å².